The zero-order valence-electron chi connectivity index (χ0n) is 11.5. The molecule has 1 amide bonds. The van der Waals surface area contributed by atoms with Crippen LogP contribution in [0.2, 0.25) is 0 Å². The highest BCUT2D eigenvalue weighted by atomic mass is 16.1. The molecule has 0 saturated carbocycles. The predicted molar refractivity (Wildman–Crippen MR) is 76.7 cm³/mol. The van der Waals surface area contributed by atoms with Gasteiger partial charge < -0.3 is 11.1 Å². The lowest BCUT2D eigenvalue weighted by Gasteiger charge is -2.19. The second kappa shape index (κ2) is 7.88. The zero-order valence-corrected chi connectivity index (χ0v) is 11.5. The number of nitrogens with one attached hydrogen (secondary N) is 1. The lowest BCUT2D eigenvalue weighted by Crippen LogP contribution is -2.11. The summed E-state index contributed by atoms with van der Waals surface area (Å²) in [4.78, 5) is 11.0. The first-order valence-electron chi connectivity index (χ1n) is 6.77. The number of amides is 1. The number of carbonyl (C=O) groups is 1. The minimum atomic E-state index is 0.0176. The van der Waals surface area contributed by atoms with E-state index >= 15 is 0 Å². The molecule has 2 rings (SSSR count). The summed E-state index contributed by atoms with van der Waals surface area (Å²) in [7, 11) is 0. The molecule has 3 nitrogen and oxygen atoms in total. The fourth-order valence-electron chi connectivity index (χ4n) is 2.09. The number of hydrogen-bond donors (Lipinski definition) is 2. The second-order valence-corrected chi connectivity index (χ2v) is 4.62. The van der Waals surface area contributed by atoms with E-state index in [-0.39, 0.29) is 5.91 Å². The molecule has 1 aliphatic carbocycles. The van der Waals surface area contributed by atoms with Gasteiger partial charge in [0, 0.05) is 12.6 Å². The molecule has 0 aromatic heterocycles. The van der Waals surface area contributed by atoms with E-state index in [0.29, 0.717) is 0 Å². The van der Waals surface area contributed by atoms with Crippen molar-refractivity contribution in [3.63, 3.8) is 0 Å². The molecule has 3 N–H and O–H groups in total. The van der Waals surface area contributed by atoms with Gasteiger partial charge in [0.05, 0.1) is 0 Å². The largest absolute Gasteiger partial charge is 0.330 e. The highest BCUT2D eigenvalue weighted by Crippen LogP contribution is 2.27. The monoisotopic (exact) mass is 248 g/mol. The topological polar surface area (TPSA) is 55.1 Å². The lowest BCUT2D eigenvalue weighted by molar-refractivity contribution is -0.114. The quantitative estimate of drug-likeness (QED) is 0.845. The van der Waals surface area contributed by atoms with Crippen molar-refractivity contribution in [1.29, 1.82) is 0 Å². The molecule has 0 heterocycles. The van der Waals surface area contributed by atoms with Gasteiger partial charge in [-0.2, -0.15) is 0 Å². The summed E-state index contributed by atoms with van der Waals surface area (Å²) < 4.78 is 0. The fraction of sp³-hybridized carbons (Fsp3) is 0.533. The third-order valence-corrected chi connectivity index (χ3v) is 3.00. The van der Waals surface area contributed by atoms with Crippen molar-refractivity contribution in [3.8, 4) is 0 Å². The van der Waals surface area contributed by atoms with Gasteiger partial charge in [0.25, 0.3) is 0 Å². The average molecular weight is 248 g/mol. The first-order chi connectivity index (χ1) is 8.69. The Morgan fingerprint density at radius 1 is 1.33 bits per heavy atom. The van der Waals surface area contributed by atoms with Crippen LogP contribution in [0, 0.1) is 0 Å². The summed E-state index contributed by atoms with van der Waals surface area (Å²) >= 11 is 0. The number of hydrogen-bond acceptors (Lipinski definition) is 2. The Balaban J connectivity index is 0.000000357. The van der Waals surface area contributed by atoms with E-state index in [0.717, 1.165) is 31.5 Å². The predicted octanol–water partition coefficient (Wildman–Crippen LogP) is 2.88. The van der Waals surface area contributed by atoms with Crippen LogP contribution in [0.25, 0.3) is 0 Å². The van der Waals surface area contributed by atoms with Crippen molar-refractivity contribution in [2.45, 2.75) is 46.0 Å². The van der Waals surface area contributed by atoms with Gasteiger partial charge >= 0.3 is 0 Å². The summed E-state index contributed by atoms with van der Waals surface area (Å²) in [5, 5.41) is 2.89. The highest BCUT2D eigenvalue weighted by Gasteiger charge is 2.12. The maximum absolute atomic E-state index is 11.0. The van der Waals surface area contributed by atoms with Crippen LogP contribution in [-0.2, 0) is 17.6 Å². The Labute approximate surface area is 110 Å². The third-order valence-electron chi connectivity index (χ3n) is 3.00. The van der Waals surface area contributed by atoms with Crippen LogP contribution >= 0.6 is 0 Å². The molecule has 0 radical (unpaired) electrons. The maximum atomic E-state index is 11.0. The summed E-state index contributed by atoms with van der Waals surface area (Å²) in [6.45, 7) is 4.43. The molecule has 1 aromatic carbocycles. The number of rotatable bonds is 2. The smallest absolute Gasteiger partial charge is 0.221 e. The van der Waals surface area contributed by atoms with Gasteiger partial charge in [0.2, 0.25) is 5.91 Å². The van der Waals surface area contributed by atoms with Crippen LogP contribution in [-0.4, -0.2) is 12.5 Å². The van der Waals surface area contributed by atoms with Gasteiger partial charge in [0.1, 0.15) is 0 Å². The molecule has 3 heteroatoms. The molecule has 0 bridgehead atoms. The van der Waals surface area contributed by atoms with Crippen molar-refractivity contribution < 1.29 is 4.79 Å². The number of carbonyl (C=O) groups excluding carboxylic acids is 1. The van der Waals surface area contributed by atoms with E-state index in [9.17, 15) is 4.79 Å². The van der Waals surface area contributed by atoms with E-state index in [2.05, 4.69) is 18.3 Å². The molecule has 0 fully saturated rings. The molecule has 0 spiro atoms. The summed E-state index contributed by atoms with van der Waals surface area (Å²) in [5.41, 5.74) is 8.78. The maximum Gasteiger partial charge on any atom is 0.221 e. The molecule has 0 atom stereocenters. The van der Waals surface area contributed by atoms with E-state index in [1.807, 2.05) is 12.1 Å². The van der Waals surface area contributed by atoms with Gasteiger partial charge in [-0.3, -0.25) is 4.79 Å². The van der Waals surface area contributed by atoms with Crippen LogP contribution in [0.5, 0.6) is 0 Å². The van der Waals surface area contributed by atoms with Gasteiger partial charge in [-0.05, 0) is 55.8 Å². The van der Waals surface area contributed by atoms with E-state index in [1.54, 1.807) is 6.92 Å². The first-order valence-corrected chi connectivity index (χ1v) is 6.77. The van der Waals surface area contributed by atoms with Crippen LogP contribution in [0.4, 0.5) is 5.69 Å². The van der Waals surface area contributed by atoms with E-state index in [4.69, 9.17) is 5.73 Å². The van der Waals surface area contributed by atoms with Crippen LogP contribution in [0.3, 0.4) is 0 Å². The van der Waals surface area contributed by atoms with Crippen molar-refractivity contribution >= 4 is 11.6 Å². The molecule has 18 heavy (non-hydrogen) atoms. The molecular weight excluding hydrogens is 224 g/mol. The van der Waals surface area contributed by atoms with Gasteiger partial charge in [0.15, 0.2) is 0 Å². The Morgan fingerprint density at radius 3 is 2.61 bits per heavy atom. The molecule has 0 unspecified atom stereocenters. The number of benzene rings is 1. The zero-order chi connectivity index (χ0) is 13.4. The highest BCUT2D eigenvalue weighted by molar-refractivity contribution is 5.89. The summed E-state index contributed by atoms with van der Waals surface area (Å²) in [5.74, 6) is 0.0176. The van der Waals surface area contributed by atoms with Crippen molar-refractivity contribution in [2.75, 3.05) is 11.9 Å². The van der Waals surface area contributed by atoms with E-state index < -0.39 is 0 Å². The molecule has 100 valence electrons. The normalized spacial score (nSPS) is 13.1. The Kier molecular flexibility index (Phi) is 6.44. The Morgan fingerprint density at radius 2 is 2.00 bits per heavy atom. The number of aryl methyl sites for hydroxylation is 1. The van der Waals surface area contributed by atoms with Crippen molar-refractivity contribution in [2.24, 2.45) is 5.73 Å². The minimum absolute atomic E-state index is 0.0176. The summed E-state index contributed by atoms with van der Waals surface area (Å²) in [6, 6.07) is 6.18. The Hall–Kier alpha value is -1.35. The fourth-order valence-corrected chi connectivity index (χ4v) is 2.09. The molecule has 1 aliphatic rings. The number of fused-ring (bicyclic) bond motifs is 1. The second-order valence-electron chi connectivity index (χ2n) is 4.62. The third kappa shape index (κ3) is 4.49. The molecule has 0 saturated heterocycles. The van der Waals surface area contributed by atoms with Crippen LogP contribution in [0.1, 0.15) is 44.2 Å². The number of nitrogens with two attached hydrogens (primary N) is 1. The minimum Gasteiger partial charge on any atom is -0.330 e. The standard InChI is InChI=1S/C12H15NO.C3H9N/c1-9(14)13-12-8-4-6-10-5-2-3-7-11(10)12;1-2-3-4/h4,6,8H,2-3,5,7H2,1H3,(H,13,14);2-4H2,1H3. The molecular formula is C15H24N2O. The molecule has 0 aliphatic heterocycles. The van der Waals surface area contributed by atoms with Crippen molar-refractivity contribution in [1.82, 2.24) is 0 Å². The van der Waals surface area contributed by atoms with E-state index in [1.165, 1.54) is 24.0 Å². The average Bonchev–Trinajstić information content (AvgIpc) is 2.39. The van der Waals surface area contributed by atoms with Crippen LogP contribution in [0.15, 0.2) is 18.2 Å². The number of anilines is 1. The SMILES string of the molecule is CC(=O)Nc1cccc2c1CCCC2.CCCN. The molecule has 1 aromatic rings. The van der Waals surface area contributed by atoms with Gasteiger partial charge in [-0.1, -0.05) is 19.1 Å². The summed E-state index contributed by atoms with van der Waals surface area (Å²) in [6.07, 6.45) is 5.87. The lowest BCUT2D eigenvalue weighted by atomic mass is 9.90. The Bertz CT molecular complexity index is 386. The van der Waals surface area contributed by atoms with Crippen molar-refractivity contribution in [3.05, 3.63) is 29.3 Å². The van der Waals surface area contributed by atoms with Crippen LogP contribution < -0.4 is 11.1 Å². The van der Waals surface area contributed by atoms with Gasteiger partial charge in [-0.15, -0.1) is 0 Å². The first kappa shape index (κ1) is 14.7. The van der Waals surface area contributed by atoms with Gasteiger partial charge in [-0.25, -0.2) is 0 Å².